The van der Waals surface area contributed by atoms with E-state index >= 15 is 0 Å². The Kier molecular flexibility index (Phi) is 8.26. The van der Waals surface area contributed by atoms with Crippen LogP contribution in [-0.4, -0.2) is 71.4 Å². The van der Waals surface area contributed by atoms with Crippen molar-refractivity contribution in [1.29, 1.82) is 0 Å². The fourth-order valence-corrected chi connectivity index (χ4v) is 4.32. The molecule has 1 aliphatic carbocycles. The number of likely N-dealkylation sites (N-methyl/N-ethyl adjacent to an activating group) is 1. The molecule has 172 valence electrons. The van der Waals surface area contributed by atoms with Gasteiger partial charge in [0, 0.05) is 48.4 Å². The van der Waals surface area contributed by atoms with Crippen LogP contribution in [0.2, 0.25) is 0 Å². The molecule has 0 amide bonds. The van der Waals surface area contributed by atoms with Gasteiger partial charge >= 0.3 is 0 Å². The van der Waals surface area contributed by atoms with E-state index in [1.807, 2.05) is 35.0 Å². The highest BCUT2D eigenvalue weighted by atomic mass is 35.5. The summed E-state index contributed by atoms with van der Waals surface area (Å²) < 4.78 is 2.05. The molecule has 1 aliphatic rings. The monoisotopic (exact) mass is 457 g/mol. The van der Waals surface area contributed by atoms with Gasteiger partial charge in [-0.15, -0.1) is 12.4 Å². The maximum atomic E-state index is 13.5. The van der Waals surface area contributed by atoms with E-state index in [2.05, 4.69) is 35.4 Å². The van der Waals surface area contributed by atoms with Crippen molar-refractivity contribution in [1.82, 2.24) is 20.0 Å². The zero-order chi connectivity index (χ0) is 21.8. The molecule has 4 rings (SSSR count). The number of fused-ring (bicyclic) bond motifs is 2. The van der Waals surface area contributed by atoms with Crippen molar-refractivity contribution in [2.75, 3.05) is 51.2 Å². The van der Waals surface area contributed by atoms with Gasteiger partial charge in [0.05, 0.1) is 24.2 Å². The minimum atomic E-state index is 0. The van der Waals surface area contributed by atoms with Gasteiger partial charge in [-0.05, 0) is 25.2 Å². The smallest absolute Gasteiger partial charge is 0.196 e. The average molecular weight is 458 g/mol. The topological polar surface area (TPSA) is 82.4 Å². The molecule has 2 aromatic carbocycles. The SMILES string of the molecule is CCN(CC)CCn1nc2c3c(cccc31)C(=O)c1c(NCCNCCO)cccc1-2.Cl. The Hall–Kier alpha value is -2.45. The number of nitrogens with zero attached hydrogens (tertiary/aromatic N) is 3. The molecular weight excluding hydrogens is 426 g/mol. The first-order chi connectivity index (χ1) is 15.2. The van der Waals surface area contributed by atoms with E-state index in [1.54, 1.807) is 0 Å². The lowest BCUT2D eigenvalue weighted by atomic mass is 9.86. The van der Waals surface area contributed by atoms with Crippen LogP contribution in [0.1, 0.15) is 29.8 Å². The highest BCUT2D eigenvalue weighted by Gasteiger charge is 2.30. The molecule has 3 aromatic rings. The lowest BCUT2D eigenvalue weighted by Crippen LogP contribution is -2.27. The first-order valence-electron chi connectivity index (χ1n) is 11.1. The second kappa shape index (κ2) is 10.9. The Morgan fingerprint density at radius 3 is 2.53 bits per heavy atom. The van der Waals surface area contributed by atoms with Crippen molar-refractivity contribution in [3.63, 3.8) is 0 Å². The fourth-order valence-electron chi connectivity index (χ4n) is 4.32. The van der Waals surface area contributed by atoms with Gasteiger partial charge in [0.25, 0.3) is 0 Å². The summed E-state index contributed by atoms with van der Waals surface area (Å²) in [6.07, 6.45) is 0. The third-order valence-electron chi connectivity index (χ3n) is 6.00. The number of aromatic nitrogens is 2. The third kappa shape index (κ3) is 4.52. The molecule has 0 saturated carbocycles. The van der Waals surface area contributed by atoms with Crippen LogP contribution in [0.3, 0.4) is 0 Å². The minimum Gasteiger partial charge on any atom is -0.395 e. The molecule has 0 spiro atoms. The summed E-state index contributed by atoms with van der Waals surface area (Å²) in [7, 11) is 0. The molecule has 0 atom stereocenters. The quantitative estimate of drug-likeness (QED) is 0.300. The zero-order valence-electron chi connectivity index (χ0n) is 18.7. The summed E-state index contributed by atoms with van der Waals surface area (Å²) in [6.45, 7) is 10.1. The van der Waals surface area contributed by atoms with Gasteiger partial charge in [-0.1, -0.05) is 38.1 Å². The Balaban J connectivity index is 0.00000289. The van der Waals surface area contributed by atoms with Gasteiger partial charge in [-0.2, -0.15) is 5.10 Å². The van der Waals surface area contributed by atoms with E-state index in [1.165, 1.54) is 0 Å². The van der Waals surface area contributed by atoms with Gasteiger partial charge in [0.2, 0.25) is 0 Å². The van der Waals surface area contributed by atoms with Gasteiger partial charge in [-0.3, -0.25) is 9.48 Å². The van der Waals surface area contributed by atoms with Gasteiger partial charge in [0.1, 0.15) is 5.69 Å². The highest BCUT2D eigenvalue weighted by molar-refractivity contribution is 6.27. The number of aliphatic hydroxyl groups is 1. The number of hydrogen-bond donors (Lipinski definition) is 3. The molecule has 0 unspecified atom stereocenters. The van der Waals surface area contributed by atoms with E-state index in [0.717, 1.165) is 59.6 Å². The van der Waals surface area contributed by atoms with Gasteiger partial charge in [0.15, 0.2) is 5.78 Å². The molecule has 0 aliphatic heterocycles. The van der Waals surface area contributed by atoms with Crippen LogP contribution in [0.5, 0.6) is 0 Å². The van der Waals surface area contributed by atoms with Crippen LogP contribution in [0.4, 0.5) is 5.69 Å². The second-order valence-electron chi connectivity index (χ2n) is 7.76. The molecule has 1 aromatic heterocycles. The average Bonchev–Trinajstić information content (AvgIpc) is 3.17. The van der Waals surface area contributed by atoms with Crippen LogP contribution in [0, 0.1) is 0 Å². The van der Waals surface area contributed by atoms with E-state index in [-0.39, 0.29) is 24.8 Å². The van der Waals surface area contributed by atoms with Gasteiger partial charge in [-0.25, -0.2) is 0 Å². The molecule has 0 saturated heterocycles. The standard InChI is InChI=1S/C24H31N5O2.ClH/c1-3-28(4-2)14-15-29-20-10-6-8-18-22(20)23(27-29)17-7-5-9-19(21(17)24(18)31)26-12-11-25-13-16-30;/h5-10,25-26,30H,3-4,11-16H2,1-2H3;1H. The molecule has 32 heavy (non-hydrogen) atoms. The number of hydrogen-bond acceptors (Lipinski definition) is 6. The number of ketones is 1. The third-order valence-corrected chi connectivity index (χ3v) is 6.00. The second-order valence-corrected chi connectivity index (χ2v) is 7.76. The number of aliphatic hydroxyl groups excluding tert-OH is 1. The van der Waals surface area contributed by atoms with E-state index in [4.69, 9.17) is 10.2 Å². The van der Waals surface area contributed by atoms with E-state index < -0.39 is 0 Å². The molecule has 0 bridgehead atoms. The first-order valence-corrected chi connectivity index (χ1v) is 11.1. The van der Waals surface area contributed by atoms with Crippen molar-refractivity contribution in [3.05, 3.63) is 47.5 Å². The maximum absolute atomic E-state index is 13.5. The Bertz CT molecular complexity index is 1080. The summed E-state index contributed by atoms with van der Waals surface area (Å²) in [5.74, 6) is 0.0443. The molecule has 7 nitrogen and oxygen atoms in total. The lowest BCUT2D eigenvalue weighted by Gasteiger charge is -2.19. The van der Waals surface area contributed by atoms with Crippen LogP contribution in [0.25, 0.3) is 22.2 Å². The predicted molar refractivity (Wildman–Crippen MR) is 132 cm³/mol. The van der Waals surface area contributed by atoms with Gasteiger partial charge < -0.3 is 20.6 Å². The van der Waals surface area contributed by atoms with E-state index in [0.29, 0.717) is 25.2 Å². The predicted octanol–water partition coefficient (Wildman–Crippen LogP) is 3.01. The van der Waals surface area contributed by atoms with Crippen LogP contribution < -0.4 is 10.6 Å². The lowest BCUT2D eigenvalue weighted by molar-refractivity contribution is 0.104. The number of benzene rings is 2. The first kappa shape index (κ1) is 24.2. The highest BCUT2D eigenvalue weighted by Crippen LogP contribution is 2.41. The van der Waals surface area contributed by atoms with Crippen molar-refractivity contribution in [2.45, 2.75) is 20.4 Å². The summed E-state index contributed by atoms with van der Waals surface area (Å²) in [6, 6.07) is 11.8. The summed E-state index contributed by atoms with van der Waals surface area (Å²) in [5, 5.41) is 21.4. The summed E-state index contributed by atoms with van der Waals surface area (Å²) >= 11 is 0. The molecule has 0 radical (unpaired) electrons. The summed E-state index contributed by atoms with van der Waals surface area (Å²) in [4.78, 5) is 15.9. The normalized spacial score (nSPS) is 12.2. The molecule has 8 heteroatoms. The minimum absolute atomic E-state index is 0. The fraction of sp³-hybridized carbons (Fsp3) is 0.417. The molecule has 3 N–H and O–H groups in total. The summed E-state index contributed by atoms with van der Waals surface area (Å²) in [5.41, 5.74) is 5.05. The largest absolute Gasteiger partial charge is 0.395 e. The van der Waals surface area contributed by atoms with Crippen LogP contribution in [-0.2, 0) is 6.54 Å². The Morgan fingerprint density at radius 1 is 1.03 bits per heavy atom. The zero-order valence-corrected chi connectivity index (χ0v) is 19.5. The van der Waals surface area contributed by atoms with Crippen LogP contribution in [0.15, 0.2) is 36.4 Å². The van der Waals surface area contributed by atoms with Crippen LogP contribution >= 0.6 is 12.4 Å². The van der Waals surface area contributed by atoms with Crippen molar-refractivity contribution >= 4 is 34.8 Å². The number of halogens is 1. The molecule has 1 heterocycles. The van der Waals surface area contributed by atoms with Crippen molar-refractivity contribution in [3.8, 4) is 11.3 Å². The number of anilines is 1. The van der Waals surface area contributed by atoms with Crippen molar-refractivity contribution in [2.24, 2.45) is 0 Å². The van der Waals surface area contributed by atoms with Crippen molar-refractivity contribution < 1.29 is 9.90 Å². The Morgan fingerprint density at radius 2 is 1.78 bits per heavy atom. The molecule has 0 fully saturated rings. The number of rotatable bonds is 11. The number of carbonyl (C=O) groups excluding carboxylic acids is 1. The molecular formula is C24H32ClN5O2. The number of nitrogens with one attached hydrogen (secondary N) is 2. The van der Waals surface area contributed by atoms with E-state index in [9.17, 15) is 4.79 Å². The maximum Gasteiger partial charge on any atom is 0.196 e. The Labute approximate surface area is 195 Å². The number of carbonyl (C=O) groups is 1.